The van der Waals surface area contributed by atoms with Gasteiger partial charge in [0.25, 0.3) is 5.56 Å². The summed E-state index contributed by atoms with van der Waals surface area (Å²) in [6.07, 6.45) is 5.93. The molecule has 0 atom stereocenters. The third-order valence-corrected chi connectivity index (χ3v) is 5.16. The van der Waals surface area contributed by atoms with Crippen LogP contribution in [0.4, 0.5) is 0 Å². The third-order valence-electron chi connectivity index (χ3n) is 4.91. The lowest BCUT2D eigenvalue weighted by atomic mass is 10.1. The van der Waals surface area contributed by atoms with Gasteiger partial charge in [-0.25, -0.2) is 4.98 Å². The second kappa shape index (κ2) is 12.3. The molecule has 1 aromatic heterocycles. The molecule has 2 aromatic rings. The molecule has 1 heterocycles. The van der Waals surface area contributed by atoms with Gasteiger partial charge in [-0.15, -0.1) is 0 Å². The van der Waals surface area contributed by atoms with Crippen LogP contribution in [0.25, 0.3) is 11.3 Å². The van der Waals surface area contributed by atoms with Crippen molar-refractivity contribution in [3.05, 3.63) is 51.5 Å². The Kier molecular flexibility index (Phi) is 9.74. The number of rotatable bonds is 13. The fourth-order valence-electron chi connectivity index (χ4n) is 3.25. The van der Waals surface area contributed by atoms with Gasteiger partial charge in [0.05, 0.1) is 12.2 Å². The predicted octanol–water partition coefficient (Wildman–Crippen LogP) is 4.90. The molecule has 0 spiro atoms. The maximum atomic E-state index is 12.8. The fourth-order valence-corrected chi connectivity index (χ4v) is 3.37. The van der Waals surface area contributed by atoms with Crippen LogP contribution in [0, 0.1) is 0 Å². The lowest BCUT2D eigenvalue weighted by molar-refractivity contribution is -0.137. The van der Waals surface area contributed by atoms with Crippen molar-refractivity contribution in [1.82, 2.24) is 9.55 Å². The number of aromatic nitrogens is 2. The van der Waals surface area contributed by atoms with E-state index in [0.29, 0.717) is 48.6 Å². The van der Waals surface area contributed by atoms with Crippen LogP contribution in [0.2, 0.25) is 5.02 Å². The Morgan fingerprint density at radius 3 is 2.40 bits per heavy atom. The van der Waals surface area contributed by atoms with Gasteiger partial charge in [0.15, 0.2) is 5.78 Å². The molecule has 0 radical (unpaired) electrons. The normalized spacial score (nSPS) is 10.9. The first-order chi connectivity index (χ1) is 14.4. The zero-order valence-corrected chi connectivity index (χ0v) is 18.2. The minimum absolute atomic E-state index is 0.00706. The molecule has 0 saturated carbocycles. The van der Waals surface area contributed by atoms with Gasteiger partial charge in [-0.1, -0.05) is 49.9 Å². The first kappa shape index (κ1) is 23.8. The molecule has 0 aliphatic rings. The summed E-state index contributed by atoms with van der Waals surface area (Å²) in [5.41, 5.74) is 1.16. The van der Waals surface area contributed by atoms with E-state index in [1.807, 2.05) is 12.1 Å². The molecule has 0 amide bonds. The van der Waals surface area contributed by atoms with Crippen LogP contribution in [0.5, 0.6) is 0 Å². The van der Waals surface area contributed by atoms with Gasteiger partial charge in [0.2, 0.25) is 0 Å². The number of halogens is 1. The van der Waals surface area contributed by atoms with Crippen LogP contribution in [-0.4, -0.2) is 26.4 Å². The molecule has 7 heteroatoms. The van der Waals surface area contributed by atoms with E-state index >= 15 is 0 Å². The number of hydrogen-bond donors (Lipinski definition) is 1. The zero-order chi connectivity index (χ0) is 21.9. The number of carbonyl (C=O) groups excluding carboxylic acids is 1. The quantitative estimate of drug-likeness (QED) is 0.454. The first-order valence-corrected chi connectivity index (χ1v) is 10.9. The van der Waals surface area contributed by atoms with Gasteiger partial charge in [-0.05, 0) is 31.4 Å². The second-order valence-electron chi connectivity index (χ2n) is 7.44. The van der Waals surface area contributed by atoms with Crippen molar-refractivity contribution in [3.8, 4) is 11.3 Å². The fraction of sp³-hybridized carbons (Fsp3) is 0.478. The lowest BCUT2D eigenvalue weighted by Crippen LogP contribution is -2.28. The summed E-state index contributed by atoms with van der Waals surface area (Å²) in [7, 11) is 0. The van der Waals surface area contributed by atoms with Crippen LogP contribution >= 0.6 is 11.6 Å². The molecule has 30 heavy (non-hydrogen) atoms. The molecule has 0 saturated heterocycles. The maximum Gasteiger partial charge on any atom is 0.303 e. The smallest absolute Gasteiger partial charge is 0.303 e. The molecule has 0 aliphatic heterocycles. The number of nitrogens with zero attached hydrogens (tertiary/aromatic N) is 2. The number of aryl methyl sites for hydroxylation is 1. The maximum absolute atomic E-state index is 12.8. The largest absolute Gasteiger partial charge is 0.481 e. The number of ketones is 1. The minimum Gasteiger partial charge on any atom is -0.481 e. The van der Waals surface area contributed by atoms with Crippen molar-refractivity contribution >= 4 is 23.4 Å². The molecule has 0 fully saturated rings. The summed E-state index contributed by atoms with van der Waals surface area (Å²) >= 11 is 5.95. The highest BCUT2D eigenvalue weighted by Crippen LogP contribution is 2.19. The molecular weight excluding hydrogens is 404 g/mol. The lowest BCUT2D eigenvalue weighted by Gasteiger charge is -2.13. The number of aliphatic carboxylic acids is 1. The molecule has 1 aromatic carbocycles. The summed E-state index contributed by atoms with van der Waals surface area (Å²) in [6.45, 7) is 2.12. The number of carbonyl (C=O) groups is 2. The van der Waals surface area contributed by atoms with E-state index in [-0.39, 0.29) is 24.3 Å². The molecule has 0 unspecified atom stereocenters. The van der Waals surface area contributed by atoms with Crippen LogP contribution in [-0.2, 0) is 22.6 Å². The number of hydrogen-bond acceptors (Lipinski definition) is 4. The van der Waals surface area contributed by atoms with E-state index in [1.165, 1.54) is 10.6 Å². The highest BCUT2D eigenvalue weighted by molar-refractivity contribution is 6.30. The van der Waals surface area contributed by atoms with Gasteiger partial charge in [-0.2, -0.15) is 0 Å². The van der Waals surface area contributed by atoms with E-state index in [0.717, 1.165) is 24.8 Å². The summed E-state index contributed by atoms with van der Waals surface area (Å²) in [4.78, 5) is 40.5. The van der Waals surface area contributed by atoms with E-state index in [4.69, 9.17) is 16.7 Å². The zero-order valence-electron chi connectivity index (χ0n) is 17.4. The van der Waals surface area contributed by atoms with E-state index in [1.54, 1.807) is 12.1 Å². The average Bonchev–Trinajstić information content (AvgIpc) is 2.70. The van der Waals surface area contributed by atoms with Crippen molar-refractivity contribution in [2.75, 3.05) is 0 Å². The summed E-state index contributed by atoms with van der Waals surface area (Å²) in [6, 6.07) is 8.63. The highest BCUT2D eigenvalue weighted by atomic mass is 35.5. The number of carboxylic acids is 1. The minimum atomic E-state index is -0.823. The van der Waals surface area contributed by atoms with Gasteiger partial charge in [-0.3, -0.25) is 19.0 Å². The molecule has 0 bridgehead atoms. The van der Waals surface area contributed by atoms with E-state index in [2.05, 4.69) is 11.9 Å². The average molecular weight is 433 g/mol. The molecular formula is C23H29ClN2O4. The van der Waals surface area contributed by atoms with Crippen molar-refractivity contribution in [2.45, 2.75) is 71.3 Å². The van der Waals surface area contributed by atoms with Crippen molar-refractivity contribution in [2.24, 2.45) is 0 Å². The predicted molar refractivity (Wildman–Crippen MR) is 118 cm³/mol. The van der Waals surface area contributed by atoms with Gasteiger partial charge in [0.1, 0.15) is 5.82 Å². The van der Waals surface area contributed by atoms with Crippen molar-refractivity contribution in [1.29, 1.82) is 0 Å². The molecule has 0 aliphatic carbocycles. The Morgan fingerprint density at radius 1 is 1.03 bits per heavy atom. The standard InChI is InChI=1S/C23H29ClN2O4/c1-2-3-5-9-21-25-20(17-11-13-18(24)14-12-17)15-22(28)26(21)16-19(27)8-6-4-7-10-23(29)30/h11-15H,2-10,16H2,1H3,(H,29,30). The van der Waals surface area contributed by atoms with E-state index in [9.17, 15) is 14.4 Å². The second-order valence-corrected chi connectivity index (χ2v) is 7.88. The third kappa shape index (κ3) is 7.75. The van der Waals surface area contributed by atoms with Crippen molar-refractivity contribution in [3.63, 3.8) is 0 Å². The topological polar surface area (TPSA) is 89.3 Å². The number of carboxylic acid groups (broad SMARTS) is 1. The molecule has 1 N–H and O–H groups in total. The monoisotopic (exact) mass is 432 g/mol. The van der Waals surface area contributed by atoms with Crippen LogP contribution in [0.1, 0.15) is 64.1 Å². The van der Waals surface area contributed by atoms with Crippen molar-refractivity contribution < 1.29 is 14.7 Å². The highest BCUT2D eigenvalue weighted by Gasteiger charge is 2.13. The van der Waals surface area contributed by atoms with Gasteiger partial charge in [0, 0.05) is 35.9 Å². The van der Waals surface area contributed by atoms with Crippen LogP contribution in [0.15, 0.2) is 35.1 Å². The molecule has 2 rings (SSSR count). The Labute approximate surface area is 181 Å². The van der Waals surface area contributed by atoms with Crippen LogP contribution < -0.4 is 5.56 Å². The summed E-state index contributed by atoms with van der Waals surface area (Å²) in [5, 5.41) is 9.28. The number of unbranched alkanes of at least 4 members (excludes halogenated alkanes) is 4. The van der Waals surface area contributed by atoms with Gasteiger partial charge < -0.3 is 5.11 Å². The first-order valence-electron chi connectivity index (χ1n) is 10.5. The van der Waals surface area contributed by atoms with E-state index < -0.39 is 5.97 Å². The summed E-state index contributed by atoms with van der Waals surface area (Å²) in [5.74, 6) is -0.234. The van der Waals surface area contributed by atoms with Crippen LogP contribution in [0.3, 0.4) is 0 Å². The Morgan fingerprint density at radius 2 is 1.73 bits per heavy atom. The Hall–Kier alpha value is -2.47. The Bertz CT molecular complexity index is 906. The molecule has 6 nitrogen and oxygen atoms in total. The number of benzene rings is 1. The van der Waals surface area contributed by atoms with Gasteiger partial charge >= 0.3 is 5.97 Å². The number of Topliss-reactive ketones (excluding diaryl/α,β-unsaturated/α-hetero) is 1. The summed E-state index contributed by atoms with van der Waals surface area (Å²) < 4.78 is 1.48. The molecule has 162 valence electrons. The SMILES string of the molecule is CCCCCc1nc(-c2ccc(Cl)cc2)cc(=O)n1CC(=O)CCCCCC(=O)O. The Balaban J connectivity index is 2.14.